The van der Waals surface area contributed by atoms with Gasteiger partial charge in [0.25, 0.3) is 5.56 Å². The summed E-state index contributed by atoms with van der Waals surface area (Å²) < 4.78 is 0.937. The van der Waals surface area contributed by atoms with Gasteiger partial charge in [-0.15, -0.1) is 0 Å². The second-order valence-corrected chi connectivity index (χ2v) is 5.24. The number of hydrogen-bond acceptors (Lipinski definition) is 5. The molecule has 2 N–H and O–H groups in total. The second kappa shape index (κ2) is 8.08. The zero-order valence-corrected chi connectivity index (χ0v) is 13.8. The minimum absolute atomic E-state index is 0.0287. The fourth-order valence-electron chi connectivity index (χ4n) is 1.90. The Balaban J connectivity index is 2.83. The highest BCUT2D eigenvalue weighted by Crippen LogP contribution is 2.04. The van der Waals surface area contributed by atoms with E-state index >= 15 is 0 Å². The summed E-state index contributed by atoms with van der Waals surface area (Å²) in [5.74, 6) is -0.816. The van der Waals surface area contributed by atoms with E-state index in [2.05, 4.69) is 15.7 Å². The van der Waals surface area contributed by atoms with Crippen molar-refractivity contribution in [3.63, 3.8) is 0 Å². The lowest BCUT2D eigenvalue weighted by atomic mass is 10.1. The zero-order chi connectivity index (χ0) is 17.6. The molecule has 1 aromatic heterocycles. The average molecular weight is 319 g/mol. The Kier molecular flexibility index (Phi) is 6.45. The largest absolute Gasteiger partial charge is 0.354 e. The molecule has 8 nitrogen and oxygen atoms in total. The summed E-state index contributed by atoms with van der Waals surface area (Å²) in [6.45, 7) is 6.95. The van der Waals surface area contributed by atoms with Crippen LogP contribution in [0.2, 0.25) is 0 Å². The molecule has 1 atom stereocenters. The molecular formula is C15H21N5O3. The Labute approximate surface area is 134 Å². The van der Waals surface area contributed by atoms with E-state index in [9.17, 15) is 14.4 Å². The summed E-state index contributed by atoms with van der Waals surface area (Å²) >= 11 is 0. The van der Waals surface area contributed by atoms with E-state index in [1.807, 2.05) is 13.0 Å². The highest BCUT2D eigenvalue weighted by Gasteiger charge is 2.17. The van der Waals surface area contributed by atoms with Crippen molar-refractivity contribution in [2.45, 2.75) is 46.7 Å². The number of rotatable bonds is 6. The van der Waals surface area contributed by atoms with Crippen LogP contribution in [0.1, 0.15) is 37.1 Å². The second-order valence-electron chi connectivity index (χ2n) is 5.24. The molecule has 1 aromatic rings. The van der Waals surface area contributed by atoms with Crippen molar-refractivity contribution >= 4 is 11.8 Å². The summed E-state index contributed by atoms with van der Waals surface area (Å²) in [6, 6.07) is 1.12. The monoisotopic (exact) mass is 319 g/mol. The van der Waals surface area contributed by atoms with Gasteiger partial charge in [0.1, 0.15) is 24.2 Å². The quantitative estimate of drug-likeness (QED) is 0.750. The SMILES string of the molecule is CCCNC(=O)[C@@H](C)NC(=O)Cn1nc(C)c(C)c(C#N)c1=O. The molecule has 8 heteroatoms. The maximum Gasteiger partial charge on any atom is 0.285 e. The predicted octanol–water partition coefficient (Wildman–Crippen LogP) is -0.237. The van der Waals surface area contributed by atoms with E-state index in [1.165, 1.54) is 0 Å². The maximum atomic E-state index is 12.1. The lowest BCUT2D eigenvalue weighted by molar-refractivity contribution is -0.129. The number of nitrogens with zero attached hydrogens (tertiary/aromatic N) is 3. The van der Waals surface area contributed by atoms with Crippen molar-refractivity contribution in [3.05, 3.63) is 27.2 Å². The molecule has 0 aromatic carbocycles. The van der Waals surface area contributed by atoms with E-state index in [-0.39, 0.29) is 18.0 Å². The van der Waals surface area contributed by atoms with Crippen LogP contribution in [-0.2, 0) is 16.1 Å². The van der Waals surface area contributed by atoms with Gasteiger partial charge in [0.2, 0.25) is 11.8 Å². The lowest BCUT2D eigenvalue weighted by Crippen LogP contribution is -2.47. The van der Waals surface area contributed by atoms with Crippen LogP contribution >= 0.6 is 0 Å². The van der Waals surface area contributed by atoms with Crippen LogP contribution in [0, 0.1) is 25.2 Å². The Bertz CT molecular complexity index is 702. The van der Waals surface area contributed by atoms with E-state index in [0.717, 1.165) is 11.1 Å². The van der Waals surface area contributed by atoms with Crippen LogP contribution in [-0.4, -0.2) is 34.2 Å². The van der Waals surface area contributed by atoms with E-state index in [0.29, 0.717) is 17.8 Å². The average Bonchev–Trinajstić information content (AvgIpc) is 2.50. The maximum absolute atomic E-state index is 12.1. The normalized spacial score (nSPS) is 11.4. The van der Waals surface area contributed by atoms with Gasteiger partial charge < -0.3 is 10.6 Å². The number of carbonyl (C=O) groups excluding carboxylic acids is 2. The first-order valence-corrected chi connectivity index (χ1v) is 7.37. The van der Waals surface area contributed by atoms with Crippen molar-refractivity contribution in [3.8, 4) is 6.07 Å². The molecule has 1 heterocycles. The number of aromatic nitrogens is 2. The molecule has 0 aliphatic carbocycles. The van der Waals surface area contributed by atoms with Gasteiger partial charge in [0.05, 0.1) is 5.69 Å². The molecular weight excluding hydrogens is 298 g/mol. The standard InChI is InChI=1S/C15H21N5O3/c1-5-6-17-14(22)11(4)18-13(21)8-20-15(23)12(7-16)9(2)10(3)19-20/h11H,5-6,8H2,1-4H3,(H,17,22)(H,18,21)/t11-/m1/s1. The van der Waals surface area contributed by atoms with Gasteiger partial charge in [-0.25, -0.2) is 4.68 Å². The smallest absolute Gasteiger partial charge is 0.285 e. The van der Waals surface area contributed by atoms with Crippen molar-refractivity contribution in [1.82, 2.24) is 20.4 Å². The Morgan fingerprint density at radius 2 is 2.04 bits per heavy atom. The molecule has 0 radical (unpaired) electrons. The van der Waals surface area contributed by atoms with Crippen molar-refractivity contribution in [2.75, 3.05) is 6.54 Å². The van der Waals surface area contributed by atoms with E-state index < -0.39 is 17.5 Å². The number of amides is 2. The summed E-state index contributed by atoms with van der Waals surface area (Å²) in [4.78, 5) is 35.8. The van der Waals surface area contributed by atoms with Crippen molar-refractivity contribution in [1.29, 1.82) is 5.26 Å². The van der Waals surface area contributed by atoms with Crippen LogP contribution in [0.5, 0.6) is 0 Å². The topological polar surface area (TPSA) is 117 Å². The van der Waals surface area contributed by atoms with Gasteiger partial charge in [-0.05, 0) is 32.8 Å². The third-order valence-electron chi connectivity index (χ3n) is 3.36. The first kappa shape index (κ1) is 18.4. The molecule has 0 aliphatic heterocycles. The number of nitriles is 1. The summed E-state index contributed by atoms with van der Waals surface area (Å²) in [5.41, 5.74) is 0.358. The van der Waals surface area contributed by atoms with Crippen LogP contribution in [0.15, 0.2) is 4.79 Å². The van der Waals surface area contributed by atoms with Crippen molar-refractivity contribution < 1.29 is 9.59 Å². The highest BCUT2D eigenvalue weighted by atomic mass is 16.2. The number of aryl methyl sites for hydroxylation is 1. The molecule has 0 fully saturated rings. The third-order valence-corrected chi connectivity index (χ3v) is 3.36. The fraction of sp³-hybridized carbons (Fsp3) is 0.533. The Hall–Kier alpha value is -2.69. The van der Waals surface area contributed by atoms with Gasteiger partial charge in [-0.1, -0.05) is 6.92 Å². The summed E-state index contributed by atoms with van der Waals surface area (Å²) in [5, 5.41) is 18.2. The molecule has 1 rings (SSSR count). The van der Waals surface area contributed by atoms with Gasteiger partial charge in [0, 0.05) is 6.54 Å². The van der Waals surface area contributed by atoms with Crippen LogP contribution in [0.25, 0.3) is 0 Å². The fourth-order valence-corrected chi connectivity index (χ4v) is 1.90. The third kappa shape index (κ3) is 4.64. The van der Waals surface area contributed by atoms with Crippen LogP contribution in [0.3, 0.4) is 0 Å². The molecule has 2 amide bonds. The van der Waals surface area contributed by atoms with Crippen molar-refractivity contribution in [2.24, 2.45) is 0 Å². The lowest BCUT2D eigenvalue weighted by Gasteiger charge is -2.14. The molecule has 0 bridgehead atoms. The van der Waals surface area contributed by atoms with Crippen LogP contribution < -0.4 is 16.2 Å². The van der Waals surface area contributed by atoms with E-state index in [1.54, 1.807) is 20.8 Å². The Morgan fingerprint density at radius 3 is 2.61 bits per heavy atom. The molecule has 0 saturated carbocycles. The van der Waals surface area contributed by atoms with Gasteiger partial charge in [0.15, 0.2) is 0 Å². The van der Waals surface area contributed by atoms with Crippen LogP contribution in [0.4, 0.5) is 0 Å². The highest BCUT2D eigenvalue weighted by molar-refractivity contribution is 5.87. The molecule has 23 heavy (non-hydrogen) atoms. The first-order chi connectivity index (χ1) is 10.8. The van der Waals surface area contributed by atoms with Gasteiger partial charge in [-0.2, -0.15) is 10.4 Å². The predicted molar refractivity (Wildman–Crippen MR) is 83.6 cm³/mol. The molecule has 0 spiro atoms. The number of hydrogen-bond donors (Lipinski definition) is 2. The number of nitrogens with one attached hydrogen (secondary N) is 2. The minimum Gasteiger partial charge on any atom is -0.354 e. The molecule has 0 unspecified atom stereocenters. The molecule has 0 saturated heterocycles. The molecule has 124 valence electrons. The summed E-state index contributed by atoms with van der Waals surface area (Å²) in [6.07, 6.45) is 0.797. The van der Waals surface area contributed by atoms with Gasteiger partial charge in [-0.3, -0.25) is 14.4 Å². The zero-order valence-electron chi connectivity index (χ0n) is 13.8. The summed E-state index contributed by atoms with van der Waals surface area (Å²) in [7, 11) is 0. The van der Waals surface area contributed by atoms with E-state index in [4.69, 9.17) is 5.26 Å². The first-order valence-electron chi connectivity index (χ1n) is 7.37. The van der Waals surface area contributed by atoms with Gasteiger partial charge >= 0.3 is 0 Å². The molecule has 0 aliphatic rings. The Morgan fingerprint density at radius 1 is 1.39 bits per heavy atom. The minimum atomic E-state index is -0.716. The number of carbonyl (C=O) groups is 2.